The minimum Gasteiger partial charge on any atom is -0.465 e. The Hall–Kier alpha value is -2.39. The summed E-state index contributed by atoms with van der Waals surface area (Å²) in [7, 11) is 0. The van der Waals surface area contributed by atoms with Gasteiger partial charge >= 0.3 is 11.9 Å². The maximum absolute atomic E-state index is 12.6. The number of nitrogens with zero attached hydrogens (tertiary/aromatic N) is 1. The molecule has 0 aromatic heterocycles. The molecule has 1 aliphatic carbocycles. The molecule has 1 aliphatic rings. The normalized spacial score (nSPS) is 20.3. The van der Waals surface area contributed by atoms with Gasteiger partial charge in [-0.05, 0) is 32.6 Å². The molecule has 1 N–H and O–H groups in total. The molecule has 1 amide bonds. The molecule has 1 rings (SSSR count). The average Bonchev–Trinajstić information content (AvgIpc) is 2.52. The van der Waals surface area contributed by atoms with Crippen molar-refractivity contribution in [1.82, 2.24) is 5.32 Å². The monoisotopic (exact) mass is 360 g/mol. The van der Waals surface area contributed by atoms with Crippen molar-refractivity contribution in [3.05, 3.63) is 10.1 Å². The second-order valence-electron chi connectivity index (χ2n) is 6.40. The standard InChI is InChI=1S/C15H24N2O8/c1-10(18)23-8-15(3,9-24-11(2)19)14(20)16-12-4-6-13(7-5-12)25-17(21)22/h12-13H,4-9H2,1-3H3,(H,16,20)/t12-,13-. The van der Waals surface area contributed by atoms with Crippen LogP contribution in [0.3, 0.4) is 0 Å². The smallest absolute Gasteiger partial charge is 0.302 e. The van der Waals surface area contributed by atoms with Crippen molar-refractivity contribution in [3.8, 4) is 0 Å². The van der Waals surface area contributed by atoms with Crippen molar-refractivity contribution in [2.45, 2.75) is 58.6 Å². The first-order valence-electron chi connectivity index (χ1n) is 8.01. The van der Waals surface area contributed by atoms with Crippen molar-refractivity contribution in [3.63, 3.8) is 0 Å². The molecule has 0 unspecified atom stereocenters. The van der Waals surface area contributed by atoms with Gasteiger partial charge in [0.15, 0.2) is 0 Å². The Kier molecular flexibility index (Phi) is 7.59. The minimum absolute atomic E-state index is 0.173. The van der Waals surface area contributed by atoms with Crippen LogP contribution in [0, 0.1) is 15.5 Å². The molecule has 0 saturated heterocycles. The fraction of sp³-hybridized carbons (Fsp3) is 0.800. The van der Waals surface area contributed by atoms with Gasteiger partial charge in [-0.1, -0.05) is 0 Å². The third kappa shape index (κ3) is 7.36. The van der Waals surface area contributed by atoms with E-state index in [1.807, 2.05) is 0 Å². The van der Waals surface area contributed by atoms with Crippen LogP contribution in [0.5, 0.6) is 0 Å². The van der Waals surface area contributed by atoms with Crippen molar-refractivity contribution in [2.24, 2.45) is 5.41 Å². The number of carbonyl (C=O) groups is 3. The lowest BCUT2D eigenvalue weighted by Crippen LogP contribution is -2.50. The van der Waals surface area contributed by atoms with Gasteiger partial charge in [0, 0.05) is 19.9 Å². The molecule has 1 fully saturated rings. The molecular formula is C15H24N2O8. The Morgan fingerprint density at radius 2 is 1.56 bits per heavy atom. The van der Waals surface area contributed by atoms with Crippen LogP contribution in [0.4, 0.5) is 0 Å². The van der Waals surface area contributed by atoms with E-state index in [1.54, 1.807) is 0 Å². The van der Waals surface area contributed by atoms with E-state index in [9.17, 15) is 24.5 Å². The van der Waals surface area contributed by atoms with E-state index in [2.05, 4.69) is 10.2 Å². The number of amides is 1. The van der Waals surface area contributed by atoms with Gasteiger partial charge in [-0.25, -0.2) is 0 Å². The van der Waals surface area contributed by atoms with Gasteiger partial charge < -0.3 is 19.6 Å². The number of hydrogen-bond donors (Lipinski definition) is 1. The van der Waals surface area contributed by atoms with E-state index >= 15 is 0 Å². The molecule has 10 heteroatoms. The lowest BCUT2D eigenvalue weighted by molar-refractivity contribution is -0.769. The van der Waals surface area contributed by atoms with E-state index in [0.29, 0.717) is 25.7 Å². The predicted octanol–water partition coefficient (Wildman–Crippen LogP) is 0.755. The van der Waals surface area contributed by atoms with Crippen LogP contribution in [0.15, 0.2) is 0 Å². The number of ether oxygens (including phenoxy) is 2. The van der Waals surface area contributed by atoms with Crippen molar-refractivity contribution >= 4 is 17.8 Å². The van der Waals surface area contributed by atoms with Gasteiger partial charge in [-0.3, -0.25) is 14.4 Å². The molecule has 0 aromatic carbocycles. The summed E-state index contributed by atoms with van der Waals surface area (Å²) >= 11 is 0. The lowest BCUT2D eigenvalue weighted by atomic mass is 9.88. The summed E-state index contributed by atoms with van der Waals surface area (Å²) in [5.74, 6) is -1.49. The van der Waals surface area contributed by atoms with Crippen molar-refractivity contribution in [2.75, 3.05) is 13.2 Å². The molecule has 0 spiro atoms. The third-order valence-electron chi connectivity index (χ3n) is 3.98. The topological polar surface area (TPSA) is 134 Å². The molecule has 0 heterocycles. The highest BCUT2D eigenvalue weighted by Gasteiger charge is 2.38. The molecule has 142 valence electrons. The van der Waals surface area contributed by atoms with Crippen LogP contribution in [0.1, 0.15) is 46.5 Å². The summed E-state index contributed by atoms with van der Waals surface area (Å²) < 4.78 is 9.85. The average molecular weight is 360 g/mol. The molecule has 0 aromatic rings. The molecular weight excluding hydrogens is 336 g/mol. The lowest BCUT2D eigenvalue weighted by Gasteiger charge is -2.32. The Morgan fingerprint density at radius 3 is 1.96 bits per heavy atom. The van der Waals surface area contributed by atoms with Gasteiger partial charge in [0.05, 0.1) is 0 Å². The first-order chi connectivity index (χ1) is 11.6. The molecule has 0 bridgehead atoms. The third-order valence-corrected chi connectivity index (χ3v) is 3.98. The van der Waals surface area contributed by atoms with E-state index in [-0.39, 0.29) is 19.3 Å². The number of esters is 2. The summed E-state index contributed by atoms with van der Waals surface area (Å²) in [4.78, 5) is 49.5. The highest BCUT2D eigenvalue weighted by molar-refractivity contribution is 5.83. The first-order valence-corrected chi connectivity index (χ1v) is 8.01. The molecule has 25 heavy (non-hydrogen) atoms. The summed E-state index contributed by atoms with van der Waals surface area (Å²) in [5.41, 5.74) is -1.22. The Labute approximate surface area is 145 Å². The van der Waals surface area contributed by atoms with Gasteiger partial charge in [0.2, 0.25) is 5.91 Å². The van der Waals surface area contributed by atoms with Gasteiger partial charge in [-0.15, -0.1) is 10.1 Å². The number of nitrogens with one attached hydrogen (secondary N) is 1. The van der Waals surface area contributed by atoms with E-state index in [0.717, 1.165) is 0 Å². The van der Waals surface area contributed by atoms with Crippen molar-refractivity contribution in [1.29, 1.82) is 0 Å². The zero-order valence-electron chi connectivity index (χ0n) is 14.6. The summed E-state index contributed by atoms with van der Waals surface area (Å²) in [6.07, 6.45) is 1.51. The number of rotatable bonds is 8. The quantitative estimate of drug-likeness (QED) is 0.381. The summed E-state index contributed by atoms with van der Waals surface area (Å²) in [6.45, 7) is 3.54. The molecule has 1 saturated carbocycles. The number of carbonyl (C=O) groups excluding carboxylic acids is 3. The highest BCUT2D eigenvalue weighted by Crippen LogP contribution is 2.24. The fourth-order valence-electron chi connectivity index (χ4n) is 2.49. The zero-order chi connectivity index (χ0) is 19.0. The number of hydrogen-bond acceptors (Lipinski definition) is 8. The molecule has 10 nitrogen and oxygen atoms in total. The minimum atomic E-state index is -1.22. The van der Waals surface area contributed by atoms with Crippen LogP contribution in [-0.2, 0) is 28.7 Å². The zero-order valence-corrected chi connectivity index (χ0v) is 14.6. The van der Waals surface area contributed by atoms with Crippen LogP contribution in [0.25, 0.3) is 0 Å². The SMILES string of the molecule is CC(=O)OCC(C)(COC(C)=O)C(=O)N[C@H]1CC[C@H](O[N+](=O)[O-])CC1. The summed E-state index contributed by atoms with van der Waals surface area (Å²) in [6, 6.07) is -0.173. The van der Waals surface area contributed by atoms with Gasteiger partial charge in [0.25, 0.3) is 5.09 Å². The van der Waals surface area contributed by atoms with Crippen LogP contribution < -0.4 is 5.32 Å². The maximum Gasteiger partial charge on any atom is 0.302 e. The highest BCUT2D eigenvalue weighted by atomic mass is 17.0. The summed E-state index contributed by atoms with van der Waals surface area (Å²) in [5, 5.41) is 12.4. The maximum atomic E-state index is 12.6. The van der Waals surface area contributed by atoms with Crippen LogP contribution in [-0.4, -0.2) is 48.3 Å². The Morgan fingerprint density at radius 1 is 1.08 bits per heavy atom. The van der Waals surface area contributed by atoms with Crippen LogP contribution in [0.2, 0.25) is 0 Å². The first kappa shape index (κ1) is 20.7. The molecule has 0 atom stereocenters. The predicted molar refractivity (Wildman–Crippen MR) is 83.6 cm³/mol. The molecule has 0 radical (unpaired) electrons. The van der Waals surface area contributed by atoms with E-state index in [4.69, 9.17) is 9.47 Å². The van der Waals surface area contributed by atoms with E-state index < -0.39 is 34.5 Å². The fourth-order valence-corrected chi connectivity index (χ4v) is 2.49. The Balaban J connectivity index is 2.60. The van der Waals surface area contributed by atoms with Gasteiger partial charge in [0.1, 0.15) is 24.7 Å². The van der Waals surface area contributed by atoms with Gasteiger partial charge in [-0.2, -0.15) is 0 Å². The largest absolute Gasteiger partial charge is 0.465 e. The van der Waals surface area contributed by atoms with Crippen molar-refractivity contribution < 1.29 is 33.8 Å². The Bertz CT molecular complexity index is 496. The molecule has 0 aliphatic heterocycles. The van der Waals surface area contributed by atoms with E-state index in [1.165, 1.54) is 20.8 Å². The second-order valence-corrected chi connectivity index (χ2v) is 6.40. The van der Waals surface area contributed by atoms with Crippen LogP contribution >= 0.6 is 0 Å². The second kappa shape index (κ2) is 9.19.